The molecular weight excluding hydrogens is 409 g/mol. The van der Waals surface area contributed by atoms with E-state index >= 15 is 0 Å². The van der Waals surface area contributed by atoms with Gasteiger partial charge in [-0.25, -0.2) is 4.39 Å². The van der Waals surface area contributed by atoms with E-state index in [4.69, 9.17) is 4.52 Å². The maximum absolute atomic E-state index is 13.8. The van der Waals surface area contributed by atoms with Gasteiger partial charge < -0.3 is 14.7 Å². The molecule has 0 bridgehead atoms. The van der Waals surface area contributed by atoms with Gasteiger partial charge in [-0.3, -0.25) is 9.59 Å². The lowest BCUT2D eigenvalue weighted by molar-refractivity contribution is -0.131. The van der Waals surface area contributed by atoms with Gasteiger partial charge in [-0.15, -0.1) is 0 Å². The van der Waals surface area contributed by atoms with Gasteiger partial charge in [0.15, 0.2) is 0 Å². The van der Waals surface area contributed by atoms with E-state index in [1.165, 1.54) is 18.2 Å². The molecule has 1 aliphatic heterocycles. The summed E-state index contributed by atoms with van der Waals surface area (Å²) < 4.78 is 19.4. The number of hydrogen-bond acceptors (Lipinski definition) is 4. The highest BCUT2D eigenvalue weighted by molar-refractivity contribution is 6.00. The highest BCUT2D eigenvalue weighted by atomic mass is 19.1. The molecule has 2 heterocycles. The fourth-order valence-electron chi connectivity index (χ4n) is 4.28. The van der Waals surface area contributed by atoms with Crippen LogP contribution in [-0.2, 0) is 11.2 Å². The molecule has 3 aromatic rings. The minimum atomic E-state index is -1.14. The predicted octanol–water partition coefficient (Wildman–Crippen LogP) is 4.22. The van der Waals surface area contributed by atoms with Crippen molar-refractivity contribution in [2.45, 2.75) is 44.7 Å². The normalized spacial score (nSPS) is 18.2. The van der Waals surface area contributed by atoms with Crippen molar-refractivity contribution in [1.82, 2.24) is 15.4 Å². The van der Waals surface area contributed by atoms with Gasteiger partial charge in [0.05, 0.1) is 0 Å². The van der Waals surface area contributed by atoms with Crippen LogP contribution in [0.25, 0.3) is 11.3 Å². The van der Waals surface area contributed by atoms with Gasteiger partial charge in [0.1, 0.15) is 22.8 Å². The number of carbonyl (C=O) groups excluding carboxylic acids is 2. The quantitative estimate of drug-likeness (QED) is 0.629. The van der Waals surface area contributed by atoms with Crippen LogP contribution in [0.4, 0.5) is 4.39 Å². The number of rotatable bonds is 6. The van der Waals surface area contributed by atoms with Gasteiger partial charge in [-0.1, -0.05) is 41.6 Å². The lowest BCUT2D eigenvalue weighted by Crippen LogP contribution is -2.59. The number of benzene rings is 2. The maximum atomic E-state index is 13.8. The smallest absolute Gasteiger partial charge is 0.254 e. The van der Waals surface area contributed by atoms with Crippen molar-refractivity contribution in [2.24, 2.45) is 0 Å². The van der Waals surface area contributed by atoms with Crippen molar-refractivity contribution in [3.63, 3.8) is 0 Å². The van der Waals surface area contributed by atoms with E-state index in [2.05, 4.69) is 10.5 Å². The largest absolute Gasteiger partial charge is 0.361 e. The van der Waals surface area contributed by atoms with Crippen LogP contribution in [0.3, 0.4) is 0 Å². The van der Waals surface area contributed by atoms with Crippen LogP contribution in [0.2, 0.25) is 0 Å². The summed E-state index contributed by atoms with van der Waals surface area (Å²) in [4.78, 5) is 28.3. The van der Waals surface area contributed by atoms with Gasteiger partial charge in [0.25, 0.3) is 5.91 Å². The molecule has 1 aromatic heterocycles. The summed E-state index contributed by atoms with van der Waals surface area (Å²) in [6.07, 6.45) is 1.33. The van der Waals surface area contributed by atoms with E-state index in [-0.39, 0.29) is 29.8 Å². The number of nitrogens with one attached hydrogen (secondary N) is 1. The van der Waals surface area contributed by atoms with Crippen molar-refractivity contribution in [2.75, 3.05) is 6.54 Å². The van der Waals surface area contributed by atoms with Crippen LogP contribution in [-0.4, -0.2) is 40.0 Å². The van der Waals surface area contributed by atoms with Gasteiger partial charge in [-0.05, 0) is 44.9 Å². The van der Waals surface area contributed by atoms with Crippen LogP contribution in [0.1, 0.15) is 42.8 Å². The molecule has 1 N–H and O–H groups in total. The number of hydrogen-bond donors (Lipinski definition) is 1. The highest BCUT2D eigenvalue weighted by Gasteiger charge is 2.50. The molecule has 0 saturated carbocycles. The minimum absolute atomic E-state index is 0.0966. The van der Waals surface area contributed by atoms with E-state index in [1.807, 2.05) is 50.2 Å². The van der Waals surface area contributed by atoms with E-state index in [0.717, 1.165) is 5.56 Å². The fraction of sp³-hybridized carbons (Fsp3) is 0.320. The summed E-state index contributed by atoms with van der Waals surface area (Å²) in [5.41, 5.74) is 0.653. The standard InChI is InChI=1S/C25H26FN3O3/c1-17(2)27-24(31)25(16-21-15-22(28-32-21)18-8-4-3-5-9-18)12-7-13-29(25)23(30)19-10-6-11-20(26)14-19/h3-6,8-11,14-15,17H,7,12-13,16H2,1-2H3,(H,27,31). The predicted molar refractivity (Wildman–Crippen MR) is 118 cm³/mol. The van der Waals surface area contributed by atoms with Crippen LogP contribution in [0.5, 0.6) is 0 Å². The molecule has 0 aliphatic carbocycles. The Balaban J connectivity index is 1.69. The summed E-state index contributed by atoms with van der Waals surface area (Å²) >= 11 is 0. The Bertz CT molecular complexity index is 1110. The number of likely N-dealkylation sites (tertiary alicyclic amines) is 1. The minimum Gasteiger partial charge on any atom is -0.361 e. The van der Waals surface area contributed by atoms with Crippen LogP contribution in [0.15, 0.2) is 65.2 Å². The van der Waals surface area contributed by atoms with E-state index in [0.29, 0.717) is 30.8 Å². The molecule has 32 heavy (non-hydrogen) atoms. The molecule has 2 amide bonds. The third-order valence-electron chi connectivity index (χ3n) is 5.74. The molecule has 2 aromatic carbocycles. The Labute approximate surface area is 186 Å². The van der Waals surface area contributed by atoms with Crippen molar-refractivity contribution in [3.05, 3.63) is 77.8 Å². The Morgan fingerprint density at radius 1 is 1.16 bits per heavy atom. The van der Waals surface area contributed by atoms with E-state index < -0.39 is 11.4 Å². The van der Waals surface area contributed by atoms with E-state index in [9.17, 15) is 14.0 Å². The lowest BCUT2D eigenvalue weighted by atomic mass is 9.88. The topological polar surface area (TPSA) is 75.4 Å². The Morgan fingerprint density at radius 3 is 2.66 bits per heavy atom. The molecule has 0 radical (unpaired) electrons. The number of nitrogens with zero attached hydrogens (tertiary/aromatic N) is 2. The summed E-state index contributed by atoms with van der Waals surface area (Å²) in [6, 6.07) is 16.9. The molecule has 1 fully saturated rings. The molecular formula is C25H26FN3O3. The summed E-state index contributed by atoms with van der Waals surface area (Å²) in [5, 5.41) is 7.12. The second-order valence-electron chi connectivity index (χ2n) is 8.45. The summed E-state index contributed by atoms with van der Waals surface area (Å²) in [6.45, 7) is 4.16. The zero-order valence-electron chi connectivity index (χ0n) is 18.2. The van der Waals surface area contributed by atoms with Crippen molar-refractivity contribution >= 4 is 11.8 Å². The van der Waals surface area contributed by atoms with Crippen molar-refractivity contribution < 1.29 is 18.5 Å². The van der Waals surface area contributed by atoms with Crippen LogP contribution < -0.4 is 5.32 Å². The maximum Gasteiger partial charge on any atom is 0.254 e. The first-order valence-electron chi connectivity index (χ1n) is 10.8. The second-order valence-corrected chi connectivity index (χ2v) is 8.45. The van der Waals surface area contributed by atoms with E-state index in [1.54, 1.807) is 11.0 Å². The third-order valence-corrected chi connectivity index (χ3v) is 5.74. The Hall–Kier alpha value is -3.48. The fourth-order valence-corrected chi connectivity index (χ4v) is 4.28. The average molecular weight is 435 g/mol. The average Bonchev–Trinajstić information content (AvgIpc) is 3.41. The molecule has 4 rings (SSSR count). The molecule has 0 spiro atoms. The molecule has 1 saturated heterocycles. The van der Waals surface area contributed by atoms with Crippen LogP contribution >= 0.6 is 0 Å². The van der Waals surface area contributed by atoms with Gasteiger partial charge >= 0.3 is 0 Å². The number of carbonyl (C=O) groups is 2. The SMILES string of the molecule is CC(C)NC(=O)C1(Cc2cc(-c3ccccc3)no2)CCCN1C(=O)c1cccc(F)c1. The highest BCUT2D eigenvalue weighted by Crippen LogP contribution is 2.35. The monoisotopic (exact) mass is 435 g/mol. The molecule has 6 nitrogen and oxygen atoms in total. The van der Waals surface area contributed by atoms with Gasteiger partial charge in [0.2, 0.25) is 5.91 Å². The molecule has 7 heteroatoms. The first-order valence-corrected chi connectivity index (χ1v) is 10.8. The first kappa shape index (κ1) is 21.7. The molecule has 1 atom stereocenters. The second kappa shape index (κ2) is 8.94. The molecule has 166 valence electrons. The van der Waals surface area contributed by atoms with Gasteiger partial charge in [0, 0.05) is 36.2 Å². The van der Waals surface area contributed by atoms with Crippen molar-refractivity contribution in [3.8, 4) is 11.3 Å². The van der Waals surface area contributed by atoms with Gasteiger partial charge in [-0.2, -0.15) is 0 Å². The summed E-state index contributed by atoms with van der Waals surface area (Å²) in [5.74, 6) is -0.590. The number of aromatic nitrogens is 1. The zero-order valence-corrected chi connectivity index (χ0v) is 18.2. The first-order chi connectivity index (χ1) is 15.4. The molecule has 1 aliphatic rings. The lowest BCUT2D eigenvalue weighted by Gasteiger charge is -2.37. The van der Waals surface area contributed by atoms with Crippen LogP contribution in [0, 0.1) is 5.82 Å². The Kier molecular flexibility index (Phi) is 6.08. The zero-order chi connectivity index (χ0) is 22.7. The summed E-state index contributed by atoms with van der Waals surface area (Å²) in [7, 11) is 0. The van der Waals surface area contributed by atoms with Crippen molar-refractivity contribution in [1.29, 1.82) is 0 Å². The third kappa shape index (κ3) is 4.28. The Morgan fingerprint density at radius 2 is 1.94 bits per heavy atom. The molecule has 1 unspecified atom stereocenters. The number of amides is 2. The number of halogens is 1.